The lowest BCUT2D eigenvalue weighted by Gasteiger charge is -2.07. The Balaban J connectivity index is 1.57. The summed E-state index contributed by atoms with van der Waals surface area (Å²) in [4.78, 5) is 1.43. The molecule has 3 aromatic carbocycles. The van der Waals surface area contributed by atoms with Gasteiger partial charge in [0.05, 0.1) is 0 Å². The molecule has 0 unspecified atom stereocenters. The van der Waals surface area contributed by atoms with Gasteiger partial charge in [0, 0.05) is 10.7 Å². The SMILES string of the molecule is Cc1ccc(-c2ccc(-c3ccc(C4=CCCS4)cc3)cc2)cc1. The van der Waals surface area contributed by atoms with E-state index in [2.05, 4.69) is 85.8 Å². The molecule has 0 N–H and O–H groups in total. The predicted molar refractivity (Wildman–Crippen MR) is 107 cm³/mol. The van der Waals surface area contributed by atoms with Gasteiger partial charge >= 0.3 is 0 Å². The third-order valence-electron chi connectivity index (χ3n) is 4.48. The molecule has 0 fully saturated rings. The molecule has 0 saturated carbocycles. The van der Waals surface area contributed by atoms with E-state index in [1.165, 1.54) is 50.5 Å². The first-order chi connectivity index (χ1) is 11.8. The van der Waals surface area contributed by atoms with Crippen molar-refractivity contribution in [2.75, 3.05) is 5.75 Å². The van der Waals surface area contributed by atoms with E-state index in [0.29, 0.717) is 0 Å². The van der Waals surface area contributed by atoms with Gasteiger partial charge in [-0.1, -0.05) is 84.4 Å². The Bertz CT molecular complexity index is 853. The fraction of sp³-hybridized carbons (Fsp3) is 0.130. The molecular formula is C23H20S. The topological polar surface area (TPSA) is 0 Å². The molecule has 0 aliphatic carbocycles. The molecule has 0 saturated heterocycles. The molecule has 118 valence electrons. The first kappa shape index (κ1) is 15.3. The van der Waals surface area contributed by atoms with E-state index < -0.39 is 0 Å². The smallest absolute Gasteiger partial charge is 0.0105 e. The molecule has 0 nitrogen and oxygen atoms in total. The van der Waals surface area contributed by atoms with Gasteiger partial charge in [-0.15, -0.1) is 11.8 Å². The summed E-state index contributed by atoms with van der Waals surface area (Å²) >= 11 is 1.96. The van der Waals surface area contributed by atoms with Crippen molar-refractivity contribution in [1.82, 2.24) is 0 Å². The minimum absolute atomic E-state index is 1.20. The Kier molecular flexibility index (Phi) is 4.27. The summed E-state index contributed by atoms with van der Waals surface area (Å²) in [6.07, 6.45) is 3.54. The highest BCUT2D eigenvalue weighted by Crippen LogP contribution is 2.34. The number of hydrogen-bond donors (Lipinski definition) is 0. The Morgan fingerprint density at radius 2 is 1.00 bits per heavy atom. The minimum Gasteiger partial charge on any atom is -0.126 e. The molecule has 0 amide bonds. The van der Waals surface area contributed by atoms with Crippen LogP contribution in [0.1, 0.15) is 17.5 Å². The Morgan fingerprint density at radius 1 is 0.583 bits per heavy atom. The van der Waals surface area contributed by atoms with Gasteiger partial charge in [0.2, 0.25) is 0 Å². The average molecular weight is 328 g/mol. The van der Waals surface area contributed by atoms with Crippen LogP contribution in [-0.4, -0.2) is 5.75 Å². The van der Waals surface area contributed by atoms with E-state index in [4.69, 9.17) is 0 Å². The van der Waals surface area contributed by atoms with Gasteiger partial charge in [-0.25, -0.2) is 0 Å². The number of benzene rings is 3. The van der Waals surface area contributed by atoms with Gasteiger partial charge in [0.15, 0.2) is 0 Å². The molecular weight excluding hydrogens is 308 g/mol. The number of hydrogen-bond acceptors (Lipinski definition) is 1. The molecule has 0 radical (unpaired) electrons. The average Bonchev–Trinajstić information content (AvgIpc) is 3.17. The van der Waals surface area contributed by atoms with Gasteiger partial charge in [-0.2, -0.15) is 0 Å². The maximum atomic E-state index is 2.34. The van der Waals surface area contributed by atoms with E-state index in [-0.39, 0.29) is 0 Å². The zero-order valence-corrected chi connectivity index (χ0v) is 14.6. The van der Waals surface area contributed by atoms with Crippen LogP contribution in [0.25, 0.3) is 27.2 Å². The first-order valence-corrected chi connectivity index (χ1v) is 9.39. The molecule has 1 heterocycles. The predicted octanol–water partition coefficient (Wildman–Crippen LogP) is 6.81. The van der Waals surface area contributed by atoms with Crippen LogP contribution >= 0.6 is 11.8 Å². The molecule has 3 aromatic rings. The lowest BCUT2D eigenvalue weighted by atomic mass is 9.99. The summed E-state index contributed by atoms with van der Waals surface area (Å²) in [5, 5.41) is 0. The van der Waals surface area contributed by atoms with Crippen LogP contribution in [0, 0.1) is 6.92 Å². The summed E-state index contributed by atoms with van der Waals surface area (Å²) in [7, 11) is 0. The second-order valence-corrected chi connectivity index (χ2v) is 7.36. The lowest BCUT2D eigenvalue weighted by molar-refractivity contribution is 1.28. The van der Waals surface area contributed by atoms with Crippen LogP contribution in [0.2, 0.25) is 0 Å². The van der Waals surface area contributed by atoms with Crippen molar-refractivity contribution in [1.29, 1.82) is 0 Å². The summed E-state index contributed by atoms with van der Waals surface area (Å²) in [6, 6.07) is 26.5. The molecule has 1 aliphatic heterocycles. The number of aryl methyl sites for hydroxylation is 1. The number of rotatable bonds is 3. The van der Waals surface area contributed by atoms with Crippen molar-refractivity contribution in [3.05, 3.63) is 90.0 Å². The zero-order chi connectivity index (χ0) is 16.4. The van der Waals surface area contributed by atoms with Crippen molar-refractivity contribution >= 4 is 16.7 Å². The molecule has 0 atom stereocenters. The van der Waals surface area contributed by atoms with E-state index in [1.807, 2.05) is 11.8 Å². The van der Waals surface area contributed by atoms with Crippen molar-refractivity contribution in [3.63, 3.8) is 0 Å². The molecule has 4 rings (SSSR count). The van der Waals surface area contributed by atoms with Crippen molar-refractivity contribution in [3.8, 4) is 22.3 Å². The quantitative estimate of drug-likeness (QED) is 0.509. The highest BCUT2D eigenvalue weighted by Gasteiger charge is 2.08. The maximum Gasteiger partial charge on any atom is 0.0105 e. The third kappa shape index (κ3) is 3.18. The van der Waals surface area contributed by atoms with Gasteiger partial charge in [0.1, 0.15) is 0 Å². The molecule has 0 spiro atoms. The van der Waals surface area contributed by atoms with E-state index in [0.717, 1.165) is 0 Å². The molecule has 24 heavy (non-hydrogen) atoms. The Labute approximate surface area is 148 Å². The normalized spacial score (nSPS) is 13.8. The van der Waals surface area contributed by atoms with E-state index in [9.17, 15) is 0 Å². The van der Waals surface area contributed by atoms with Crippen molar-refractivity contribution in [2.24, 2.45) is 0 Å². The first-order valence-electron chi connectivity index (χ1n) is 8.40. The van der Waals surface area contributed by atoms with Crippen LogP contribution < -0.4 is 0 Å². The van der Waals surface area contributed by atoms with E-state index in [1.54, 1.807) is 0 Å². The highest BCUT2D eigenvalue weighted by atomic mass is 32.2. The zero-order valence-electron chi connectivity index (χ0n) is 13.8. The van der Waals surface area contributed by atoms with Crippen LogP contribution in [0.5, 0.6) is 0 Å². The van der Waals surface area contributed by atoms with Gasteiger partial charge in [-0.3, -0.25) is 0 Å². The summed E-state index contributed by atoms with van der Waals surface area (Å²) in [6.45, 7) is 2.12. The maximum absolute atomic E-state index is 2.34. The van der Waals surface area contributed by atoms with Gasteiger partial charge < -0.3 is 0 Å². The third-order valence-corrected chi connectivity index (χ3v) is 5.63. The monoisotopic (exact) mass is 328 g/mol. The van der Waals surface area contributed by atoms with Crippen molar-refractivity contribution < 1.29 is 0 Å². The standard InChI is InChI=1S/C23H20S/c1-17-4-6-18(7-5-17)19-8-10-20(11-9-19)21-12-14-22(15-13-21)23-3-2-16-24-23/h3-15H,2,16H2,1H3. The van der Waals surface area contributed by atoms with Crippen LogP contribution in [-0.2, 0) is 0 Å². The summed E-state index contributed by atoms with van der Waals surface area (Å²) < 4.78 is 0. The highest BCUT2D eigenvalue weighted by molar-refractivity contribution is 8.08. The van der Waals surface area contributed by atoms with Gasteiger partial charge in [0.25, 0.3) is 0 Å². The Hall–Kier alpha value is -2.25. The van der Waals surface area contributed by atoms with Crippen molar-refractivity contribution in [2.45, 2.75) is 13.3 Å². The fourth-order valence-corrected chi connectivity index (χ4v) is 4.04. The molecule has 0 bridgehead atoms. The number of thioether (sulfide) groups is 1. The molecule has 0 aromatic heterocycles. The largest absolute Gasteiger partial charge is 0.126 e. The van der Waals surface area contributed by atoms with Gasteiger partial charge in [-0.05, 0) is 41.2 Å². The van der Waals surface area contributed by atoms with E-state index >= 15 is 0 Å². The van der Waals surface area contributed by atoms with Crippen LogP contribution in [0.3, 0.4) is 0 Å². The summed E-state index contributed by atoms with van der Waals surface area (Å²) in [5.74, 6) is 1.22. The second kappa shape index (κ2) is 6.70. The lowest BCUT2D eigenvalue weighted by Crippen LogP contribution is -1.82. The molecule has 1 aliphatic rings. The second-order valence-electron chi connectivity index (χ2n) is 6.23. The molecule has 1 heteroatoms. The number of allylic oxidation sites excluding steroid dienone is 1. The van der Waals surface area contributed by atoms with Crippen LogP contribution in [0.4, 0.5) is 0 Å². The van der Waals surface area contributed by atoms with Crippen LogP contribution in [0.15, 0.2) is 78.9 Å². The fourth-order valence-electron chi connectivity index (χ4n) is 3.05. The summed E-state index contributed by atoms with van der Waals surface area (Å²) in [5.41, 5.74) is 7.72. The Morgan fingerprint density at radius 3 is 1.42 bits per heavy atom. The minimum atomic E-state index is 1.20.